The lowest BCUT2D eigenvalue weighted by molar-refractivity contribution is -0.133. The van der Waals surface area contributed by atoms with Crippen molar-refractivity contribution in [1.82, 2.24) is 15.1 Å². The number of anilines is 1. The van der Waals surface area contributed by atoms with Crippen molar-refractivity contribution in [3.8, 4) is 28.4 Å². The van der Waals surface area contributed by atoms with Crippen molar-refractivity contribution in [2.24, 2.45) is 0 Å². The number of rotatable bonds is 8. The van der Waals surface area contributed by atoms with Crippen LogP contribution in [0.25, 0.3) is 11.1 Å². The molecule has 0 spiro atoms. The van der Waals surface area contributed by atoms with Crippen LogP contribution in [0.5, 0.6) is 17.2 Å². The molecule has 0 radical (unpaired) electrons. The Morgan fingerprint density at radius 2 is 1.67 bits per heavy atom. The summed E-state index contributed by atoms with van der Waals surface area (Å²) in [4.78, 5) is 55.2. The molecule has 12 heteroatoms. The van der Waals surface area contributed by atoms with Crippen molar-refractivity contribution < 1.29 is 33.0 Å². The lowest BCUT2D eigenvalue weighted by Crippen LogP contribution is -2.53. The van der Waals surface area contributed by atoms with Gasteiger partial charge in [0.2, 0.25) is 23.0 Å². The van der Waals surface area contributed by atoms with Gasteiger partial charge in [-0.15, -0.1) is 0 Å². The minimum atomic E-state index is -0.718. The van der Waals surface area contributed by atoms with Gasteiger partial charge in [-0.1, -0.05) is 6.07 Å². The van der Waals surface area contributed by atoms with Gasteiger partial charge < -0.3 is 39.1 Å². The minimum absolute atomic E-state index is 0.187. The summed E-state index contributed by atoms with van der Waals surface area (Å²) >= 11 is 0. The second-order valence-electron chi connectivity index (χ2n) is 11.1. The van der Waals surface area contributed by atoms with E-state index >= 15 is 0 Å². The van der Waals surface area contributed by atoms with Gasteiger partial charge in [-0.25, -0.2) is 0 Å². The molecule has 238 valence electrons. The number of ether oxygens (including phenoxy) is 3. The fourth-order valence-electron chi connectivity index (χ4n) is 6.08. The molecule has 5 rings (SSSR count). The number of amides is 3. The van der Waals surface area contributed by atoms with Crippen LogP contribution < -0.4 is 30.3 Å². The zero-order valence-electron chi connectivity index (χ0n) is 26.1. The molecule has 0 unspecified atom stereocenters. The second-order valence-corrected chi connectivity index (χ2v) is 11.1. The Morgan fingerprint density at radius 1 is 0.956 bits per heavy atom. The van der Waals surface area contributed by atoms with Gasteiger partial charge in [0.1, 0.15) is 6.04 Å². The summed E-state index contributed by atoms with van der Waals surface area (Å²) in [5.41, 5.74) is 2.89. The molecule has 1 saturated heterocycles. The van der Waals surface area contributed by atoms with Crippen LogP contribution in [0.2, 0.25) is 0 Å². The number of nitrogens with one attached hydrogen (secondary N) is 2. The molecular weight excluding hydrogens is 580 g/mol. The molecule has 45 heavy (non-hydrogen) atoms. The van der Waals surface area contributed by atoms with E-state index in [2.05, 4.69) is 10.6 Å². The van der Waals surface area contributed by atoms with Gasteiger partial charge in [-0.3, -0.25) is 19.2 Å². The molecule has 1 aliphatic heterocycles. The normalized spacial score (nSPS) is 16.4. The molecule has 0 saturated carbocycles. The number of aryl methyl sites for hydroxylation is 1. The number of furan rings is 1. The van der Waals surface area contributed by atoms with E-state index in [0.29, 0.717) is 67.4 Å². The molecule has 1 aliphatic carbocycles. The Morgan fingerprint density at radius 3 is 2.29 bits per heavy atom. The number of nitrogens with zero attached hydrogens (tertiary/aromatic N) is 2. The Kier molecular flexibility index (Phi) is 9.31. The third-order valence-electron chi connectivity index (χ3n) is 8.27. The first kappa shape index (κ1) is 31.4. The van der Waals surface area contributed by atoms with E-state index in [1.54, 1.807) is 49.1 Å². The van der Waals surface area contributed by atoms with Gasteiger partial charge >= 0.3 is 0 Å². The van der Waals surface area contributed by atoms with Gasteiger partial charge in [0.05, 0.1) is 39.3 Å². The van der Waals surface area contributed by atoms with Gasteiger partial charge in [-0.05, 0) is 66.8 Å². The van der Waals surface area contributed by atoms with E-state index in [4.69, 9.17) is 18.6 Å². The van der Waals surface area contributed by atoms with E-state index in [-0.39, 0.29) is 34.6 Å². The third kappa shape index (κ3) is 6.31. The van der Waals surface area contributed by atoms with Crippen LogP contribution in [0.3, 0.4) is 0 Å². The van der Waals surface area contributed by atoms with Crippen LogP contribution in [0, 0.1) is 0 Å². The Balaban J connectivity index is 1.44. The first-order valence-electron chi connectivity index (χ1n) is 14.8. The number of benzene rings is 1. The topological polar surface area (TPSA) is 140 Å². The predicted octanol–water partition coefficient (Wildman–Crippen LogP) is 3.24. The summed E-state index contributed by atoms with van der Waals surface area (Å²) in [7, 11) is 4.63. The highest BCUT2D eigenvalue weighted by atomic mass is 16.5. The largest absolute Gasteiger partial charge is 0.493 e. The lowest BCUT2D eigenvalue weighted by Gasteiger charge is -2.35. The molecule has 12 nitrogen and oxygen atoms in total. The van der Waals surface area contributed by atoms with Crippen LogP contribution in [-0.2, 0) is 16.0 Å². The molecular formula is C33H38N4O8. The average Bonchev–Trinajstić information content (AvgIpc) is 3.49. The number of hydrogen-bond acceptors (Lipinski definition) is 9. The molecule has 3 aromatic rings. The van der Waals surface area contributed by atoms with Gasteiger partial charge in [-0.2, -0.15) is 0 Å². The average molecular weight is 619 g/mol. The molecule has 1 aromatic heterocycles. The van der Waals surface area contributed by atoms with E-state index in [0.717, 1.165) is 11.1 Å². The smallest absolute Gasteiger partial charge is 0.289 e. The Hall–Kier alpha value is -5.00. The molecule has 1 fully saturated rings. The number of fused-ring (bicyclic) bond motifs is 3. The highest BCUT2D eigenvalue weighted by Gasteiger charge is 2.31. The van der Waals surface area contributed by atoms with Gasteiger partial charge in [0.25, 0.3) is 5.91 Å². The fourth-order valence-corrected chi connectivity index (χ4v) is 6.08. The van der Waals surface area contributed by atoms with Crippen molar-refractivity contribution in [1.29, 1.82) is 0 Å². The lowest BCUT2D eigenvalue weighted by atomic mass is 9.95. The predicted molar refractivity (Wildman–Crippen MR) is 167 cm³/mol. The minimum Gasteiger partial charge on any atom is -0.493 e. The molecule has 2 aromatic carbocycles. The maximum absolute atomic E-state index is 13.7. The summed E-state index contributed by atoms with van der Waals surface area (Å²) < 4.78 is 22.3. The zero-order chi connectivity index (χ0) is 32.2. The number of piperazine rings is 1. The van der Waals surface area contributed by atoms with E-state index in [1.165, 1.54) is 26.4 Å². The quantitative estimate of drug-likeness (QED) is 0.390. The first-order valence-corrected chi connectivity index (χ1v) is 14.8. The highest BCUT2D eigenvalue weighted by Crippen LogP contribution is 2.50. The summed E-state index contributed by atoms with van der Waals surface area (Å²) in [5.74, 6) is 1.03. The molecule has 2 aliphatic rings. The number of carbonyl (C=O) groups is 3. The van der Waals surface area contributed by atoms with Crippen molar-refractivity contribution in [3.63, 3.8) is 0 Å². The van der Waals surface area contributed by atoms with E-state index < -0.39 is 12.1 Å². The van der Waals surface area contributed by atoms with Crippen LogP contribution >= 0.6 is 0 Å². The second kappa shape index (κ2) is 13.3. The van der Waals surface area contributed by atoms with E-state index in [1.807, 2.05) is 12.1 Å². The van der Waals surface area contributed by atoms with Gasteiger partial charge in [0, 0.05) is 38.7 Å². The molecule has 2 heterocycles. The first-order chi connectivity index (χ1) is 21.7. The summed E-state index contributed by atoms with van der Waals surface area (Å²) in [5, 5.41) is 6.10. The van der Waals surface area contributed by atoms with Crippen molar-refractivity contribution in [3.05, 3.63) is 69.8 Å². The summed E-state index contributed by atoms with van der Waals surface area (Å²) in [6.45, 7) is 4.61. The SMILES string of the molecule is COc1cc2c(c(OC)c1OC)-c1ccc(N[C@@H](C)C(=O)N3CCN(C(=O)c4ccco4)CC3)c(=O)cc1[C@H](NC(C)=O)CC2. The van der Waals surface area contributed by atoms with Crippen LogP contribution in [0.4, 0.5) is 5.69 Å². The number of carbonyl (C=O) groups excluding carboxylic acids is 3. The Labute approximate surface area is 261 Å². The molecule has 3 amide bonds. The molecule has 0 bridgehead atoms. The van der Waals surface area contributed by atoms with Crippen LogP contribution in [0.1, 0.15) is 48.0 Å². The van der Waals surface area contributed by atoms with E-state index in [9.17, 15) is 19.2 Å². The van der Waals surface area contributed by atoms with Gasteiger partial charge in [0.15, 0.2) is 17.3 Å². The maximum Gasteiger partial charge on any atom is 0.289 e. The third-order valence-corrected chi connectivity index (χ3v) is 8.27. The molecule has 2 atom stereocenters. The number of methoxy groups -OCH3 is 3. The monoisotopic (exact) mass is 618 g/mol. The van der Waals surface area contributed by atoms with Crippen molar-refractivity contribution in [2.75, 3.05) is 52.8 Å². The zero-order valence-corrected chi connectivity index (χ0v) is 26.1. The van der Waals surface area contributed by atoms with Crippen molar-refractivity contribution >= 4 is 23.4 Å². The summed E-state index contributed by atoms with van der Waals surface area (Å²) in [6, 6.07) is 8.98. The molecule has 2 N–H and O–H groups in total. The van der Waals surface area contributed by atoms with Crippen molar-refractivity contribution in [2.45, 2.75) is 38.8 Å². The number of hydrogen-bond donors (Lipinski definition) is 2. The maximum atomic E-state index is 13.7. The Bertz CT molecular complexity index is 1650. The summed E-state index contributed by atoms with van der Waals surface area (Å²) in [6.07, 6.45) is 2.57. The fraction of sp³-hybridized carbons (Fsp3) is 0.394. The standard InChI is InChI=1S/C33H38N4O8/c1-19(32(40)36-12-14-37(15-13-36)33(41)27-7-6-16-45-27)34-25-11-9-22-23(18-26(25)39)24(35-20(2)38)10-8-21-17-28(42-3)30(43-4)31(44-5)29(21)22/h6-7,9,11,16-19,24H,8,10,12-15H2,1-5H3,(H,34,39)(H,35,38)/t19-,24+/m0/s1. The highest BCUT2D eigenvalue weighted by molar-refractivity contribution is 5.92. The van der Waals surface area contributed by atoms with Crippen LogP contribution in [-0.4, -0.2) is 81.1 Å². The van der Waals surface area contributed by atoms with Crippen LogP contribution in [0.15, 0.2) is 51.9 Å².